The highest BCUT2D eigenvalue weighted by Crippen LogP contribution is 2.20. The first kappa shape index (κ1) is 19.3. The van der Waals surface area contributed by atoms with Crippen LogP contribution in [0.3, 0.4) is 0 Å². The standard InChI is InChI=1S/C21H18N2O4S/c1-27-16-9-5-8-15(12-16)23-21(26)20(25)22-13-17-10-11-18(28-17)19(24)14-6-3-2-4-7-14/h2-12H,13H2,1H3,(H,22,25)(H,23,26). The molecule has 0 bridgehead atoms. The van der Waals surface area contributed by atoms with Crippen molar-refractivity contribution in [2.24, 2.45) is 0 Å². The molecule has 0 radical (unpaired) electrons. The lowest BCUT2D eigenvalue weighted by Crippen LogP contribution is -2.34. The highest BCUT2D eigenvalue weighted by molar-refractivity contribution is 7.14. The zero-order valence-corrected chi connectivity index (χ0v) is 15.9. The second-order valence-corrected chi connectivity index (χ2v) is 7.00. The number of rotatable bonds is 6. The van der Waals surface area contributed by atoms with Gasteiger partial charge in [0.25, 0.3) is 0 Å². The lowest BCUT2D eigenvalue weighted by atomic mass is 10.1. The number of hydrogen-bond acceptors (Lipinski definition) is 5. The minimum atomic E-state index is -0.773. The van der Waals surface area contributed by atoms with Gasteiger partial charge in [0, 0.05) is 22.2 Å². The SMILES string of the molecule is COc1cccc(NC(=O)C(=O)NCc2ccc(C(=O)c3ccccc3)s2)c1. The van der Waals surface area contributed by atoms with E-state index in [2.05, 4.69) is 10.6 Å². The van der Waals surface area contributed by atoms with Crippen LogP contribution in [0.2, 0.25) is 0 Å². The molecule has 0 aliphatic carbocycles. The van der Waals surface area contributed by atoms with Gasteiger partial charge in [-0.25, -0.2) is 0 Å². The molecular weight excluding hydrogens is 376 g/mol. The summed E-state index contributed by atoms with van der Waals surface area (Å²) in [4.78, 5) is 37.8. The number of carbonyl (C=O) groups is 3. The third kappa shape index (κ3) is 4.83. The molecule has 1 aromatic heterocycles. The largest absolute Gasteiger partial charge is 0.497 e. The van der Waals surface area contributed by atoms with Crippen molar-refractivity contribution in [3.63, 3.8) is 0 Å². The van der Waals surface area contributed by atoms with E-state index in [9.17, 15) is 14.4 Å². The molecule has 2 amide bonds. The smallest absolute Gasteiger partial charge is 0.313 e. The van der Waals surface area contributed by atoms with Crippen LogP contribution in [0.5, 0.6) is 5.75 Å². The van der Waals surface area contributed by atoms with Gasteiger partial charge in [0.15, 0.2) is 0 Å². The number of ketones is 1. The number of thiophene rings is 1. The second-order valence-electron chi connectivity index (χ2n) is 5.83. The van der Waals surface area contributed by atoms with Crippen LogP contribution in [0.4, 0.5) is 5.69 Å². The van der Waals surface area contributed by atoms with E-state index in [-0.39, 0.29) is 12.3 Å². The van der Waals surface area contributed by atoms with Gasteiger partial charge in [0.2, 0.25) is 5.78 Å². The van der Waals surface area contributed by atoms with Crippen molar-refractivity contribution in [2.45, 2.75) is 6.54 Å². The van der Waals surface area contributed by atoms with E-state index in [1.165, 1.54) is 18.4 Å². The van der Waals surface area contributed by atoms with Crippen LogP contribution in [0.1, 0.15) is 20.1 Å². The van der Waals surface area contributed by atoms with Crippen molar-refractivity contribution in [3.05, 3.63) is 82.0 Å². The third-order valence-electron chi connectivity index (χ3n) is 3.88. The first-order valence-corrected chi connectivity index (χ1v) is 9.30. The molecule has 2 aromatic carbocycles. The summed E-state index contributed by atoms with van der Waals surface area (Å²) >= 11 is 1.29. The summed E-state index contributed by atoms with van der Waals surface area (Å²) < 4.78 is 5.08. The van der Waals surface area contributed by atoms with Crippen LogP contribution in [-0.2, 0) is 16.1 Å². The van der Waals surface area contributed by atoms with E-state index in [1.807, 2.05) is 18.2 Å². The Morgan fingerprint density at radius 1 is 0.929 bits per heavy atom. The van der Waals surface area contributed by atoms with Gasteiger partial charge >= 0.3 is 11.8 Å². The number of benzene rings is 2. The van der Waals surface area contributed by atoms with Gasteiger partial charge < -0.3 is 15.4 Å². The molecule has 0 atom stereocenters. The molecule has 0 aliphatic rings. The van der Waals surface area contributed by atoms with Gasteiger partial charge in [-0.3, -0.25) is 14.4 Å². The van der Waals surface area contributed by atoms with Crippen molar-refractivity contribution in [2.75, 3.05) is 12.4 Å². The summed E-state index contributed by atoms with van der Waals surface area (Å²) in [5.74, 6) is -1.02. The first-order valence-electron chi connectivity index (χ1n) is 8.48. The second kappa shape index (κ2) is 8.96. The summed E-state index contributed by atoms with van der Waals surface area (Å²) in [6.07, 6.45) is 0. The summed E-state index contributed by atoms with van der Waals surface area (Å²) in [5.41, 5.74) is 1.07. The van der Waals surface area contributed by atoms with Crippen LogP contribution in [0.25, 0.3) is 0 Å². The van der Waals surface area contributed by atoms with E-state index in [0.29, 0.717) is 21.9 Å². The Labute approximate surface area is 166 Å². The fourth-order valence-corrected chi connectivity index (χ4v) is 3.37. The van der Waals surface area contributed by atoms with Crippen LogP contribution in [0.15, 0.2) is 66.7 Å². The van der Waals surface area contributed by atoms with Crippen molar-refractivity contribution in [1.82, 2.24) is 5.32 Å². The molecule has 1 heterocycles. The average Bonchev–Trinajstić information content (AvgIpc) is 3.21. The van der Waals surface area contributed by atoms with Crippen LogP contribution >= 0.6 is 11.3 Å². The number of methoxy groups -OCH3 is 1. The number of carbonyl (C=O) groups excluding carboxylic acids is 3. The van der Waals surface area contributed by atoms with Crippen LogP contribution in [0, 0.1) is 0 Å². The van der Waals surface area contributed by atoms with Gasteiger partial charge in [0.1, 0.15) is 5.75 Å². The Morgan fingerprint density at radius 2 is 1.71 bits per heavy atom. The maximum Gasteiger partial charge on any atom is 0.313 e. The van der Waals surface area contributed by atoms with Gasteiger partial charge in [-0.15, -0.1) is 11.3 Å². The number of anilines is 1. The van der Waals surface area contributed by atoms with Gasteiger partial charge in [-0.05, 0) is 24.3 Å². The van der Waals surface area contributed by atoms with Crippen molar-refractivity contribution in [3.8, 4) is 5.75 Å². The predicted octanol–water partition coefficient (Wildman–Crippen LogP) is 3.24. The van der Waals surface area contributed by atoms with E-state index in [4.69, 9.17) is 4.74 Å². The Kier molecular flexibility index (Phi) is 6.18. The quantitative estimate of drug-likeness (QED) is 0.497. The maximum atomic E-state index is 12.4. The minimum absolute atomic E-state index is 0.0704. The highest BCUT2D eigenvalue weighted by Gasteiger charge is 2.15. The van der Waals surface area contributed by atoms with Crippen molar-refractivity contribution >= 4 is 34.6 Å². The Balaban J connectivity index is 1.55. The van der Waals surface area contributed by atoms with Crippen LogP contribution in [-0.4, -0.2) is 24.7 Å². The monoisotopic (exact) mass is 394 g/mol. The van der Waals surface area contributed by atoms with E-state index >= 15 is 0 Å². The Bertz CT molecular complexity index is 998. The zero-order valence-electron chi connectivity index (χ0n) is 15.1. The molecule has 28 heavy (non-hydrogen) atoms. The maximum absolute atomic E-state index is 12.4. The number of ether oxygens (including phenoxy) is 1. The molecular formula is C21H18N2O4S. The summed E-state index contributed by atoms with van der Waals surface area (Å²) in [6, 6.07) is 19.2. The molecule has 3 rings (SSSR count). The normalized spacial score (nSPS) is 10.2. The minimum Gasteiger partial charge on any atom is -0.497 e. The molecule has 3 aromatic rings. The lowest BCUT2D eigenvalue weighted by Gasteiger charge is -2.07. The molecule has 0 saturated carbocycles. The topological polar surface area (TPSA) is 84.5 Å². The molecule has 0 aliphatic heterocycles. The van der Waals surface area contributed by atoms with Gasteiger partial charge in [-0.1, -0.05) is 36.4 Å². The predicted molar refractivity (Wildman–Crippen MR) is 108 cm³/mol. The molecule has 0 spiro atoms. The van der Waals surface area contributed by atoms with E-state index < -0.39 is 11.8 Å². The van der Waals surface area contributed by atoms with E-state index in [0.717, 1.165) is 4.88 Å². The first-order chi connectivity index (χ1) is 13.6. The van der Waals surface area contributed by atoms with Crippen molar-refractivity contribution in [1.29, 1.82) is 0 Å². The van der Waals surface area contributed by atoms with Gasteiger partial charge in [0.05, 0.1) is 18.5 Å². The van der Waals surface area contributed by atoms with Crippen LogP contribution < -0.4 is 15.4 Å². The Hall–Kier alpha value is -3.45. The number of nitrogens with one attached hydrogen (secondary N) is 2. The molecule has 142 valence electrons. The molecule has 0 fully saturated rings. The molecule has 0 saturated heterocycles. The Morgan fingerprint density at radius 3 is 2.46 bits per heavy atom. The third-order valence-corrected chi connectivity index (χ3v) is 4.96. The summed E-state index contributed by atoms with van der Waals surface area (Å²) in [5, 5.41) is 5.07. The molecule has 2 N–H and O–H groups in total. The van der Waals surface area contributed by atoms with E-state index in [1.54, 1.807) is 48.5 Å². The average molecular weight is 394 g/mol. The fourth-order valence-electron chi connectivity index (χ4n) is 2.46. The van der Waals surface area contributed by atoms with Gasteiger partial charge in [-0.2, -0.15) is 0 Å². The lowest BCUT2D eigenvalue weighted by molar-refractivity contribution is -0.136. The summed E-state index contributed by atoms with van der Waals surface area (Å²) in [6.45, 7) is 0.164. The molecule has 6 nitrogen and oxygen atoms in total. The molecule has 7 heteroatoms. The zero-order chi connectivity index (χ0) is 19.9. The van der Waals surface area contributed by atoms with Crippen molar-refractivity contribution < 1.29 is 19.1 Å². The fraction of sp³-hybridized carbons (Fsp3) is 0.0952. The number of amides is 2. The number of hydrogen-bond donors (Lipinski definition) is 2. The summed E-state index contributed by atoms with van der Waals surface area (Å²) in [7, 11) is 1.52. The highest BCUT2D eigenvalue weighted by atomic mass is 32.1. The molecule has 0 unspecified atom stereocenters.